The van der Waals surface area contributed by atoms with Crippen LogP contribution in [0.2, 0.25) is 0 Å². The summed E-state index contributed by atoms with van der Waals surface area (Å²) in [5.41, 5.74) is 0. The Morgan fingerprint density at radius 2 is 2.53 bits per heavy atom. The molecule has 0 bridgehead atoms. The Bertz CT molecular complexity index is 196. The van der Waals surface area contributed by atoms with Crippen molar-refractivity contribution in [1.82, 2.24) is 10.6 Å². The smallest absolute Gasteiger partial charge is 0.221 e. The van der Waals surface area contributed by atoms with Gasteiger partial charge in [-0.15, -0.1) is 0 Å². The molecule has 15 heavy (non-hydrogen) atoms. The lowest BCUT2D eigenvalue weighted by atomic mass is 10.2. The first-order chi connectivity index (χ1) is 7.22. The van der Waals surface area contributed by atoms with Gasteiger partial charge >= 0.3 is 0 Å². The summed E-state index contributed by atoms with van der Waals surface area (Å²) in [5, 5.41) is 6.84. The molecule has 1 aliphatic heterocycles. The summed E-state index contributed by atoms with van der Waals surface area (Å²) in [6, 6.07) is 0.369. The fraction of sp³-hybridized carbons (Fsp3) is 0.900. The number of hydrogen-bond acceptors (Lipinski definition) is 4. The molecule has 0 radical (unpaired) electrons. The quantitative estimate of drug-likeness (QED) is 0.760. The molecule has 5 heteroatoms. The van der Waals surface area contributed by atoms with Gasteiger partial charge in [-0.05, 0) is 6.26 Å². The van der Waals surface area contributed by atoms with Crippen LogP contribution in [0.4, 0.5) is 0 Å². The number of carbonyl (C=O) groups is 1. The minimum Gasteiger partial charge on any atom is -0.355 e. The molecule has 0 saturated carbocycles. The molecule has 88 valence electrons. The van der Waals surface area contributed by atoms with E-state index in [1.807, 2.05) is 11.8 Å². The molecular formula is C10H20N2OS2. The van der Waals surface area contributed by atoms with Crippen LogP contribution in [0, 0.1) is 0 Å². The standard InChI is InChI=1S/C10H20N2OS2/c1-8(14-2)6-12-10(13)5-9-7-15-4-3-11-9/h8-9,11H,3-7H2,1-2H3,(H,12,13)/t8-,9-/m0/s1. The normalized spacial score (nSPS) is 23.5. The van der Waals surface area contributed by atoms with Crippen molar-refractivity contribution in [2.75, 3.05) is 30.9 Å². The number of nitrogens with one attached hydrogen (secondary N) is 2. The van der Waals surface area contributed by atoms with Gasteiger partial charge in [-0.25, -0.2) is 0 Å². The van der Waals surface area contributed by atoms with Crippen LogP contribution in [0.3, 0.4) is 0 Å². The molecule has 1 heterocycles. The minimum absolute atomic E-state index is 0.177. The Morgan fingerprint density at radius 1 is 1.73 bits per heavy atom. The monoisotopic (exact) mass is 248 g/mol. The molecule has 1 saturated heterocycles. The van der Waals surface area contributed by atoms with Crippen LogP contribution in [0.15, 0.2) is 0 Å². The molecule has 3 nitrogen and oxygen atoms in total. The highest BCUT2D eigenvalue weighted by atomic mass is 32.2. The van der Waals surface area contributed by atoms with Crippen molar-refractivity contribution in [1.29, 1.82) is 0 Å². The first-order valence-corrected chi connectivity index (χ1v) is 7.77. The molecule has 1 rings (SSSR count). The van der Waals surface area contributed by atoms with Gasteiger partial charge in [-0.2, -0.15) is 23.5 Å². The maximum absolute atomic E-state index is 11.6. The summed E-state index contributed by atoms with van der Waals surface area (Å²) in [6.45, 7) is 3.93. The largest absolute Gasteiger partial charge is 0.355 e. The molecule has 0 aromatic rings. The van der Waals surface area contributed by atoms with Gasteiger partial charge in [0, 0.05) is 42.3 Å². The van der Waals surface area contributed by atoms with Crippen molar-refractivity contribution in [2.24, 2.45) is 0 Å². The first kappa shape index (κ1) is 13.2. The van der Waals surface area contributed by atoms with E-state index in [2.05, 4.69) is 23.8 Å². The zero-order valence-corrected chi connectivity index (χ0v) is 11.0. The van der Waals surface area contributed by atoms with Crippen molar-refractivity contribution < 1.29 is 4.79 Å². The summed E-state index contributed by atoms with van der Waals surface area (Å²) < 4.78 is 0. The van der Waals surface area contributed by atoms with Gasteiger partial charge in [-0.3, -0.25) is 4.79 Å². The van der Waals surface area contributed by atoms with Crippen LogP contribution in [0.1, 0.15) is 13.3 Å². The van der Waals surface area contributed by atoms with Crippen LogP contribution in [0.25, 0.3) is 0 Å². The van der Waals surface area contributed by atoms with E-state index in [1.165, 1.54) is 5.75 Å². The Morgan fingerprint density at radius 3 is 3.13 bits per heavy atom. The van der Waals surface area contributed by atoms with Crippen LogP contribution in [0.5, 0.6) is 0 Å². The predicted molar refractivity (Wildman–Crippen MR) is 69.7 cm³/mol. The molecule has 0 aromatic heterocycles. The molecule has 1 fully saturated rings. The van der Waals surface area contributed by atoms with Crippen molar-refractivity contribution in [3.05, 3.63) is 0 Å². The summed E-state index contributed by atoms with van der Waals surface area (Å²) in [6.07, 6.45) is 2.68. The van der Waals surface area contributed by atoms with E-state index in [4.69, 9.17) is 0 Å². The van der Waals surface area contributed by atoms with Crippen molar-refractivity contribution in [3.63, 3.8) is 0 Å². The predicted octanol–water partition coefficient (Wildman–Crippen LogP) is 0.949. The van der Waals surface area contributed by atoms with E-state index >= 15 is 0 Å². The molecule has 0 aliphatic carbocycles. The Balaban J connectivity index is 2.11. The van der Waals surface area contributed by atoms with E-state index in [0.29, 0.717) is 17.7 Å². The average Bonchev–Trinajstić information content (AvgIpc) is 2.27. The maximum atomic E-state index is 11.6. The molecule has 0 unspecified atom stereocenters. The highest BCUT2D eigenvalue weighted by molar-refractivity contribution is 7.99. The number of hydrogen-bond donors (Lipinski definition) is 2. The summed E-state index contributed by atoms with van der Waals surface area (Å²) in [5.74, 6) is 2.41. The van der Waals surface area contributed by atoms with E-state index < -0.39 is 0 Å². The van der Waals surface area contributed by atoms with Gasteiger partial charge in [0.15, 0.2) is 0 Å². The van der Waals surface area contributed by atoms with Gasteiger partial charge in [0.1, 0.15) is 0 Å². The second kappa shape index (κ2) is 7.41. The first-order valence-electron chi connectivity index (χ1n) is 5.33. The SMILES string of the molecule is CS[C@@H](C)CNC(=O)C[C@H]1CSCCN1. The topological polar surface area (TPSA) is 41.1 Å². The summed E-state index contributed by atoms with van der Waals surface area (Å²) in [7, 11) is 0. The van der Waals surface area contributed by atoms with Gasteiger partial charge < -0.3 is 10.6 Å². The highest BCUT2D eigenvalue weighted by Gasteiger charge is 2.16. The molecule has 1 amide bonds. The van der Waals surface area contributed by atoms with Crippen LogP contribution >= 0.6 is 23.5 Å². The summed E-state index contributed by atoms with van der Waals surface area (Å²) in [4.78, 5) is 11.6. The summed E-state index contributed by atoms with van der Waals surface area (Å²) >= 11 is 3.71. The number of amides is 1. The fourth-order valence-corrected chi connectivity index (χ4v) is 2.59. The zero-order valence-electron chi connectivity index (χ0n) is 9.41. The fourth-order valence-electron chi connectivity index (χ4n) is 1.39. The van der Waals surface area contributed by atoms with Gasteiger partial charge in [-0.1, -0.05) is 6.92 Å². The number of rotatable bonds is 5. The Labute approximate surface area is 101 Å². The van der Waals surface area contributed by atoms with Crippen LogP contribution < -0.4 is 10.6 Å². The van der Waals surface area contributed by atoms with Gasteiger partial charge in [0.2, 0.25) is 5.91 Å². The molecular weight excluding hydrogens is 228 g/mol. The van der Waals surface area contributed by atoms with E-state index in [-0.39, 0.29) is 5.91 Å². The molecule has 0 spiro atoms. The zero-order chi connectivity index (χ0) is 11.1. The second-order valence-corrected chi connectivity index (χ2v) is 6.21. The van der Waals surface area contributed by atoms with Crippen molar-refractivity contribution in [2.45, 2.75) is 24.6 Å². The molecule has 1 aliphatic rings. The molecule has 0 aromatic carbocycles. The third kappa shape index (κ3) is 5.68. The van der Waals surface area contributed by atoms with Crippen LogP contribution in [-0.2, 0) is 4.79 Å². The molecule has 2 atom stereocenters. The maximum Gasteiger partial charge on any atom is 0.221 e. The Hall–Kier alpha value is 0.130. The lowest BCUT2D eigenvalue weighted by Crippen LogP contribution is -2.42. The van der Waals surface area contributed by atoms with E-state index in [1.54, 1.807) is 11.8 Å². The van der Waals surface area contributed by atoms with Gasteiger partial charge in [0.25, 0.3) is 0 Å². The van der Waals surface area contributed by atoms with Crippen molar-refractivity contribution in [3.8, 4) is 0 Å². The highest BCUT2D eigenvalue weighted by Crippen LogP contribution is 2.10. The molecule has 2 N–H and O–H groups in total. The van der Waals surface area contributed by atoms with Gasteiger partial charge in [0.05, 0.1) is 0 Å². The average molecular weight is 248 g/mol. The third-order valence-corrected chi connectivity index (χ3v) is 4.52. The van der Waals surface area contributed by atoms with E-state index in [9.17, 15) is 4.79 Å². The second-order valence-electron chi connectivity index (χ2n) is 3.78. The van der Waals surface area contributed by atoms with Crippen LogP contribution in [-0.4, -0.2) is 48.0 Å². The number of carbonyl (C=O) groups excluding carboxylic acids is 1. The number of thioether (sulfide) groups is 2. The van der Waals surface area contributed by atoms with E-state index in [0.717, 1.165) is 18.8 Å². The lowest BCUT2D eigenvalue weighted by molar-refractivity contribution is -0.121. The minimum atomic E-state index is 0.177. The lowest BCUT2D eigenvalue weighted by Gasteiger charge is -2.22. The third-order valence-electron chi connectivity index (χ3n) is 2.42. The van der Waals surface area contributed by atoms with Crippen molar-refractivity contribution >= 4 is 29.4 Å². The Kier molecular flexibility index (Phi) is 6.52.